The number of hydrazone groups is 1. The summed E-state index contributed by atoms with van der Waals surface area (Å²) < 4.78 is 0. The Bertz CT molecular complexity index is 137. The molecule has 0 aliphatic carbocycles. The molecule has 0 unspecified atom stereocenters. The molecule has 1 aliphatic rings. The Labute approximate surface area is 46.6 Å². The van der Waals surface area contributed by atoms with Gasteiger partial charge in [-0.25, -0.2) is 5.84 Å². The lowest BCUT2D eigenvalue weighted by atomic mass is 10.6. The van der Waals surface area contributed by atoms with Crippen molar-refractivity contribution in [1.82, 2.24) is 10.7 Å². The minimum atomic E-state index is 0.395. The molecule has 1 aliphatic heterocycles. The highest BCUT2D eigenvalue weighted by Crippen LogP contribution is 1.81. The molecule has 0 saturated carbocycles. The van der Waals surface area contributed by atoms with Crippen LogP contribution in [0.3, 0.4) is 0 Å². The molecule has 0 aromatic heterocycles. The van der Waals surface area contributed by atoms with E-state index in [9.17, 15) is 0 Å². The molecule has 44 valence electrons. The van der Waals surface area contributed by atoms with Gasteiger partial charge in [-0.3, -0.25) is 5.43 Å². The van der Waals surface area contributed by atoms with Gasteiger partial charge in [-0.2, -0.15) is 0 Å². The molecule has 0 bridgehead atoms. The van der Waals surface area contributed by atoms with Crippen molar-refractivity contribution in [2.45, 2.75) is 0 Å². The minimum absolute atomic E-state index is 0.395. The van der Waals surface area contributed by atoms with Crippen LogP contribution in [-0.4, -0.2) is 11.1 Å². The molecule has 0 atom stereocenters. The third-order valence-electron chi connectivity index (χ3n) is 0.684. The number of amidine groups is 1. The fraction of sp³-hybridized carbons (Fsp3) is 0. The zero-order chi connectivity index (χ0) is 5.98. The number of nitrogens with one attached hydrogen (secondary N) is 1. The summed E-state index contributed by atoms with van der Waals surface area (Å²) in [4.78, 5) is 0. The first-order chi connectivity index (χ1) is 3.79. The van der Waals surface area contributed by atoms with Gasteiger partial charge in [-0.1, -0.05) is 0 Å². The highest BCUT2D eigenvalue weighted by Gasteiger charge is 1.94. The van der Waals surface area contributed by atoms with Crippen LogP contribution >= 0.6 is 0 Å². The first kappa shape index (κ1) is 4.92. The van der Waals surface area contributed by atoms with Gasteiger partial charge >= 0.3 is 0 Å². The molecule has 1 heterocycles. The summed E-state index contributed by atoms with van der Waals surface area (Å²) in [6, 6.07) is 0. The van der Waals surface area contributed by atoms with E-state index in [2.05, 4.69) is 10.5 Å². The number of hydrazine groups is 2. The number of hydrogen-bond donors (Lipinski definition) is 3. The van der Waals surface area contributed by atoms with Crippen LogP contribution in [0.15, 0.2) is 17.4 Å². The molecule has 0 amide bonds. The average molecular weight is 113 g/mol. The van der Waals surface area contributed by atoms with E-state index in [1.807, 2.05) is 0 Å². The van der Waals surface area contributed by atoms with E-state index in [1.165, 1.54) is 0 Å². The van der Waals surface area contributed by atoms with E-state index in [4.69, 9.17) is 11.6 Å². The second-order valence-corrected chi connectivity index (χ2v) is 1.33. The standard InChI is InChI=1S/C3H7N5/c4-3-1-2-6-8(5)7-3/h1-2,6H,5H2,(H2,4,7). The highest BCUT2D eigenvalue weighted by atomic mass is 15.8. The van der Waals surface area contributed by atoms with Crippen LogP contribution in [-0.2, 0) is 0 Å². The monoisotopic (exact) mass is 113 g/mol. The van der Waals surface area contributed by atoms with Crippen LogP contribution in [0.5, 0.6) is 0 Å². The van der Waals surface area contributed by atoms with Crippen LogP contribution in [0, 0.1) is 0 Å². The molecule has 0 spiro atoms. The lowest BCUT2D eigenvalue weighted by molar-refractivity contribution is 0.236. The summed E-state index contributed by atoms with van der Waals surface area (Å²) in [5.41, 5.74) is 7.80. The molecule has 0 saturated heterocycles. The van der Waals surface area contributed by atoms with Gasteiger partial charge in [0.15, 0.2) is 0 Å². The van der Waals surface area contributed by atoms with E-state index in [0.717, 1.165) is 5.23 Å². The molecule has 0 fully saturated rings. The van der Waals surface area contributed by atoms with Crippen molar-refractivity contribution in [2.24, 2.45) is 16.7 Å². The quantitative estimate of drug-likeness (QED) is 0.333. The fourth-order valence-electron chi connectivity index (χ4n) is 0.386. The van der Waals surface area contributed by atoms with Crippen molar-refractivity contribution in [3.8, 4) is 0 Å². The number of rotatable bonds is 0. The summed E-state index contributed by atoms with van der Waals surface area (Å²) in [6.45, 7) is 0. The second-order valence-electron chi connectivity index (χ2n) is 1.33. The Balaban J connectivity index is 2.63. The van der Waals surface area contributed by atoms with Crippen LogP contribution < -0.4 is 17.0 Å². The molecule has 1 rings (SSSR count). The number of hydrogen-bond acceptors (Lipinski definition) is 5. The van der Waals surface area contributed by atoms with Gasteiger partial charge in [-0.15, -0.1) is 10.3 Å². The zero-order valence-electron chi connectivity index (χ0n) is 4.20. The predicted molar refractivity (Wildman–Crippen MR) is 29.9 cm³/mol. The summed E-state index contributed by atoms with van der Waals surface area (Å²) >= 11 is 0. The van der Waals surface area contributed by atoms with Gasteiger partial charge < -0.3 is 5.73 Å². The second kappa shape index (κ2) is 1.71. The first-order valence-corrected chi connectivity index (χ1v) is 2.10. The Hall–Kier alpha value is -1.23. The Morgan fingerprint density at radius 1 is 1.75 bits per heavy atom. The zero-order valence-corrected chi connectivity index (χ0v) is 4.20. The van der Waals surface area contributed by atoms with Crippen molar-refractivity contribution in [3.63, 3.8) is 0 Å². The SMILES string of the molecule is NC1=NN(N)NC=C1. The number of nitrogens with zero attached hydrogens (tertiary/aromatic N) is 2. The molecule has 5 heteroatoms. The van der Waals surface area contributed by atoms with Gasteiger partial charge in [0.25, 0.3) is 0 Å². The van der Waals surface area contributed by atoms with E-state index >= 15 is 0 Å². The maximum atomic E-state index is 5.23. The van der Waals surface area contributed by atoms with E-state index in [0.29, 0.717) is 5.84 Å². The van der Waals surface area contributed by atoms with Gasteiger partial charge in [-0.05, 0) is 6.08 Å². The number of nitrogens with two attached hydrogens (primary N) is 2. The lowest BCUT2D eigenvalue weighted by Crippen LogP contribution is -2.40. The maximum absolute atomic E-state index is 5.23. The molecule has 0 aromatic carbocycles. The molecule has 5 nitrogen and oxygen atoms in total. The summed E-state index contributed by atoms with van der Waals surface area (Å²) in [5.74, 6) is 5.52. The summed E-state index contributed by atoms with van der Waals surface area (Å²) in [6.07, 6.45) is 3.21. The molecule has 8 heavy (non-hydrogen) atoms. The summed E-state index contributed by atoms with van der Waals surface area (Å²) in [5, 5.41) is 4.63. The van der Waals surface area contributed by atoms with Crippen molar-refractivity contribution >= 4 is 5.84 Å². The Morgan fingerprint density at radius 2 is 2.50 bits per heavy atom. The van der Waals surface area contributed by atoms with Crippen LogP contribution in [0.4, 0.5) is 0 Å². The lowest BCUT2D eigenvalue weighted by Gasteiger charge is -2.14. The molecule has 0 aromatic rings. The van der Waals surface area contributed by atoms with Crippen molar-refractivity contribution < 1.29 is 0 Å². The normalized spacial score (nSPS) is 17.6. The van der Waals surface area contributed by atoms with Crippen LogP contribution in [0.25, 0.3) is 0 Å². The topological polar surface area (TPSA) is 79.7 Å². The largest absolute Gasteiger partial charge is 0.382 e. The van der Waals surface area contributed by atoms with Gasteiger partial charge in [0.1, 0.15) is 5.84 Å². The Morgan fingerprint density at radius 3 is 2.88 bits per heavy atom. The van der Waals surface area contributed by atoms with Crippen molar-refractivity contribution in [3.05, 3.63) is 12.3 Å². The van der Waals surface area contributed by atoms with Crippen molar-refractivity contribution in [2.75, 3.05) is 0 Å². The van der Waals surface area contributed by atoms with Gasteiger partial charge in [0.05, 0.1) is 0 Å². The third-order valence-corrected chi connectivity index (χ3v) is 0.684. The van der Waals surface area contributed by atoms with Crippen LogP contribution in [0.2, 0.25) is 0 Å². The third kappa shape index (κ3) is 0.881. The van der Waals surface area contributed by atoms with Gasteiger partial charge in [0, 0.05) is 6.20 Å². The van der Waals surface area contributed by atoms with Crippen LogP contribution in [0.1, 0.15) is 0 Å². The van der Waals surface area contributed by atoms with Gasteiger partial charge in [0.2, 0.25) is 0 Å². The summed E-state index contributed by atoms with van der Waals surface area (Å²) in [7, 11) is 0. The maximum Gasteiger partial charge on any atom is 0.148 e. The molecular formula is C3H7N5. The highest BCUT2D eigenvalue weighted by molar-refractivity contribution is 5.91. The molecular weight excluding hydrogens is 106 g/mol. The molecule has 5 N–H and O–H groups in total. The average Bonchev–Trinajstić information content (AvgIpc) is 1.64. The first-order valence-electron chi connectivity index (χ1n) is 2.10. The fourth-order valence-corrected chi connectivity index (χ4v) is 0.386. The van der Waals surface area contributed by atoms with E-state index in [-0.39, 0.29) is 0 Å². The predicted octanol–water partition coefficient (Wildman–Crippen LogP) is -1.53. The Kier molecular flexibility index (Phi) is 1.05. The van der Waals surface area contributed by atoms with E-state index in [1.54, 1.807) is 12.3 Å². The smallest absolute Gasteiger partial charge is 0.148 e. The van der Waals surface area contributed by atoms with Crippen molar-refractivity contribution in [1.29, 1.82) is 0 Å². The minimum Gasteiger partial charge on any atom is -0.382 e. The van der Waals surface area contributed by atoms with E-state index < -0.39 is 0 Å². The molecule has 0 radical (unpaired) electrons.